The van der Waals surface area contributed by atoms with Gasteiger partial charge in [-0.1, -0.05) is 19.8 Å². The van der Waals surface area contributed by atoms with Crippen molar-refractivity contribution in [3.05, 3.63) is 17.8 Å². The summed E-state index contributed by atoms with van der Waals surface area (Å²) in [7, 11) is 0. The molecule has 4 atom stereocenters. The second-order valence-electron chi connectivity index (χ2n) is 5.74. The maximum atomic E-state index is 12.0. The number of esters is 1. The lowest BCUT2D eigenvalue weighted by Gasteiger charge is -2.20. The van der Waals surface area contributed by atoms with Gasteiger partial charge in [0.2, 0.25) is 0 Å². The molecule has 0 bridgehead atoms. The van der Waals surface area contributed by atoms with Crippen molar-refractivity contribution in [2.24, 2.45) is 0 Å². The van der Waals surface area contributed by atoms with Crippen LogP contribution in [0.15, 0.2) is 12.3 Å². The number of unbranched alkanes of at least 4 members (excludes halogenated alkanes) is 2. The molecule has 126 valence electrons. The summed E-state index contributed by atoms with van der Waals surface area (Å²) < 4.78 is 18.6. The summed E-state index contributed by atoms with van der Waals surface area (Å²) in [6.45, 7) is 1.81. The fourth-order valence-corrected chi connectivity index (χ4v) is 2.89. The van der Waals surface area contributed by atoms with E-state index in [1.54, 1.807) is 10.8 Å². The molecule has 0 unspecified atom stereocenters. The summed E-state index contributed by atoms with van der Waals surface area (Å²) in [4.78, 5) is 16.0. The predicted octanol–water partition coefficient (Wildman–Crippen LogP) is 0.505. The number of aliphatic hydroxyl groups excluding tert-OH is 1. The van der Waals surface area contributed by atoms with Gasteiger partial charge in [-0.2, -0.15) is 4.98 Å². The molecule has 2 aliphatic rings. The summed E-state index contributed by atoms with van der Waals surface area (Å²) >= 11 is 0. The van der Waals surface area contributed by atoms with E-state index < -0.39 is 24.5 Å². The summed E-state index contributed by atoms with van der Waals surface area (Å²) in [5.74, 6) is -0.315. The summed E-state index contributed by atoms with van der Waals surface area (Å²) in [5.41, 5.74) is 0.0862. The number of carbonyl (C=O) groups excluding carboxylic acids is 1. The van der Waals surface area contributed by atoms with E-state index in [0.29, 0.717) is 6.42 Å². The van der Waals surface area contributed by atoms with E-state index in [1.807, 2.05) is 0 Å². The van der Waals surface area contributed by atoms with Crippen LogP contribution in [-0.4, -0.2) is 45.5 Å². The quantitative estimate of drug-likeness (QED) is 0.583. The first-order valence-electron chi connectivity index (χ1n) is 7.90. The van der Waals surface area contributed by atoms with Crippen LogP contribution in [0.1, 0.15) is 38.8 Å². The Labute approximate surface area is 133 Å². The molecule has 0 amide bonds. The number of nitrogens with one attached hydrogen (secondary N) is 1. The smallest absolute Gasteiger partial charge is 0.306 e. The van der Waals surface area contributed by atoms with Crippen molar-refractivity contribution >= 4 is 5.97 Å². The summed E-state index contributed by atoms with van der Waals surface area (Å²) in [6, 6.07) is 1.78. The topological polar surface area (TPSA) is 107 Å². The molecule has 1 aromatic heterocycles. The molecule has 0 spiro atoms. The summed E-state index contributed by atoms with van der Waals surface area (Å²) in [5, 5.41) is 17.0. The van der Waals surface area contributed by atoms with Gasteiger partial charge < -0.3 is 19.3 Å². The van der Waals surface area contributed by atoms with Gasteiger partial charge in [0.05, 0.1) is 6.61 Å². The molecular weight excluding hydrogens is 302 g/mol. The predicted molar refractivity (Wildman–Crippen MR) is 77.5 cm³/mol. The molecule has 1 saturated heterocycles. The van der Waals surface area contributed by atoms with Crippen molar-refractivity contribution in [2.45, 2.75) is 57.1 Å². The van der Waals surface area contributed by atoms with E-state index in [1.165, 1.54) is 6.07 Å². The molecular formula is C15H21N3O5. The van der Waals surface area contributed by atoms with E-state index in [2.05, 4.69) is 11.9 Å². The monoisotopic (exact) mass is 323 g/mol. The molecule has 0 radical (unpaired) electrons. The first kappa shape index (κ1) is 15.9. The molecule has 2 aliphatic heterocycles. The van der Waals surface area contributed by atoms with Gasteiger partial charge in [0, 0.05) is 12.6 Å². The lowest BCUT2D eigenvalue weighted by molar-refractivity contribution is -0.156. The molecule has 1 fully saturated rings. The van der Waals surface area contributed by atoms with Gasteiger partial charge >= 0.3 is 12.0 Å². The Balaban J connectivity index is 1.71. The SMILES string of the molecule is CCCCCC(=O)O[C@H]1[C@@H]2Oc3nc(=N)ccn3[C@@H]2O[C@@H]1CO. The van der Waals surface area contributed by atoms with Crippen LogP contribution in [0.25, 0.3) is 0 Å². The van der Waals surface area contributed by atoms with Gasteiger partial charge in [-0.05, 0) is 12.5 Å². The second-order valence-corrected chi connectivity index (χ2v) is 5.74. The Morgan fingerprint density at radius 2 is 2.35 bits per heavy atom. The van der Waals surface area contributed by atoms with Crippen molar-refractivity contribution in [3.8, 4) is 6.01 Å². The van der Waals surface area contributed by atoms with Crippen LogP contribution in [0.3, 0.4) is 0 Å². The third-order valence-electron chi connectivity index (χ3n) is 4.06. The van der Waals surface area contributed by atoms with Crippen LogP contribution in [0, 0.1) is 5.41 Å². The number of fused-ring (bicyclic) bond motifs is 3. The van der Waals surface area contributed by atoms with Crippen molar-refractivity contribution in [3.63, 3.8) is 0 Å². The van der Waals surface area contributed by atoms with Crippen LogP contribution in [0.5, 0.6) is 6.01 Å². The lowest BCUT2D eigenvalue weighted by Crippen LogP contribution is -2.39. The third-order valence-corrected chi connectivity index (χ3v) is 4.06. The van der Waals surface area contributed by atoms with Gasteiger partial charge in [-0.3, -0.25) is 14.8 Å². The van der Waals surface area contributed by atoms with Crippen LogP contribution < -0.4 is 10.2 Å². The molecule has 3 heterocycles. The van der Waals surface area contributed by atoms with Crippen LogP contribution in [-0.2, 0) is 14.3 Å². The van der Waals surface area contributed by atoms with Gasteiger partial charge in [0.15, 0.2) is 23.9 Å². The largest absolute Gasteiger partial charge is 0.455 e. The van der Waals surface area contributed by atoms with Gasteiger partial charge in [0.1, 0.15) is 6.10 Å². The molecule has 23 heavy (non-hydrogen) atoms. The zero-order valence-corrected chi connectivity index (χ0v) is 13.0. The first-order chi connectivity index (χ1) is 11.1. The highest BCUT2D eigenvalue weighted by atomic mass is 16.7. The van der Waals surface area contributed by atoms with Gasteiger partial charge in [-0.25, -0.2) is 0 Å². The highest BCUT2D eigenvalue weighted by Crippen LogP contribution is 2.40. The number of aromatic nitrogens is 2. The van der Waals surface area contributed by atoms with E-state index in [4.69, 9.17) is 19.6 Å². The molecule has 0 aliphatic carbocycles. The maximum absolute atomic E-state index is 12.0. The van der Waals surface area contributed by atoms with Gasteiger partial charge in [0.25, 0.3) is 0 Å². The van der Waals surface area contributed by atoms with E-state index in [0.717, 1.165) is 19.3 Å². The molecule has 0 aromatic carbocycles. The molecule has 8 heteroatoms. The van der Waals surface area contributed by atoms with Crippen LogP contribution in [0.4, 0.5) is 0 Å². The molecule has 8 nitrogen and oxygen atoms in total. The number of aliphatic hydroxyl groups is 1. The Bertz CT molecular complexity index is 632. The average Bonchev–Trinajstić information content (AvgIpc) is 3.03. The fraction of sp³-hybridized carbons (Fsp3) is 0.667. The minimum Gasteiger partial charge on any atom is -0.455 e. The molecule has 3 rings (SSSR count). The lowest BCUT2D eigenvalue weighted by atomic mass is 10.1. The van der Waals surface area contributed by atoms with Crippen molar-refractivity contribution in [1.29, 1.82) is 5.41 Å². The molecule has 2 N–H and O–H groups in total. The van der Waals surface area contributed by atoms with Gasteiger partial charge in [-0.15, -0.1) is 0 Å². The number of rotatable bonds is 6. The zero-order chi connectivity index (χ0) is 16.4. The minimum absolute atomic E-state index is 0.0862. The van der Waals surface area contributed by atoms with E-state index in [-0.39, 0.29) is 24.1 Å². The van der Waals surface area contributed by atoms with Crippen molar-refractivity contribution < 1.29 is 24.1 Å². The second kappa shape index (κ2) is 6.67. The Kier molecular flexibility index (Phi) is 4.63. The van der Waals surface area contributed by atoms with Crippen molar-refractivity contribution in [1.82, 2.24) is 9.55 Å². The maximum Gasteiger partial charge on any atom is 0.306 e. The van der Waals surface area contributed by atoms with Crippen molar-refractivity contribution in [2.75, 3.05) is 6.61 Å². The van der Waals surface area contributed by atoms with Crippen LogP contribution in [0.2, 0.25) is 0 Å². The third kappa shape index (κ3) is 3.09. The van der Waals surface area contributed by atoms with E-state index >= 15 is 0 Å². The summed E-state index contributed by atoms with van der Waals surface area (Å²) in [6.07, 6.45) is 2.39. The Morgan fingerprint density at radius 3 is 3.09 bits per heavy atom. The zero-order valence-electron chi connectivity index (χ0n) is 13.0. The molecule has 1 aromatic rings. The number of hydrogen-bond donors (Lipinski definition) is 2. The number of hydrogen-bond acceptors (Lipinski definition) is 7. The molecule has 0 saturated carbocycles. The first-order valence-corrected chi connectivity index (χ1v) is 7.90. The normalized spacial score (nSPS) is 28.1. The van der Waals surface area contributed by atoms with Crippen LogP contribution >= 0.6 is 0 Å². The minimum atomic E-state index is -0.685. The standard InChI is InChI=1S/C15H21N3O5/c1-2-3-4-5-11(20)22-12-9(8-19)21-14-13(12)23-15-17-10(16)6-7-18(14)15/h6-7,9,12-14,16,19H,2-5,8H2,1H3/t9-,12-,13+,14-/m1/s1. The highest BCUT2D eigenvalue weighted by Gasteiger charge is 2.53. The number of ether oxygens (including phenoxy) is 3. The Hall–Kier alpha value is -1.93. The Morgan fingerprint density at radius 1 is 1.52 bits per heavy atom. The fourth-order valence-electron chi connectivity index (χ4n) is 2.89. The highest BCUT2D eigenvalue weighted by molar-refractivity contribution is 5.69. The van der Waals surface area contributed by atoms with E-state index in [9.17, 15) is 9.90 Å². The number of carbonyl (C=O) groups is 1. The number of nitrogens with zero attached hydrogens (tertiary/aromatic N) is 2. The average molecular weight is 323 g/mol.